The standard InChI is InChI=1S/C13H11BrO2/c1-2-16-13(15)10-4-3-5-11-9(8-10)6-7-12(11)14/h3-8H,2H2,1H3. The zero-order valence-corrected chi connectivity index (χ0v) is 10.5. The molecule has 0 spiro atoms. The zero-order valence-electron chi connectivity index (χ0n) is 8.87. The molecule has 0 saturated heterocycles. The van der Waals surface area contributed by atoms with Crippen molar-refractivity contribution in [2.24, 2.45) is 0 Å². The molecule has 0 fully saturated rings. The second-order valence-electron chi connectivity index (χ2n) is 3.40. The van der Waals surface area contributed by atoms with E-state index in [2.05, 4.69) is 15.9 Å². The van der Waals surface area contributed by atoms with Crippen LogP contribution < -0.4 is 0 Å². The molecule has 0 atom stereocenters. The van der Waals surface area contributed by atoms with Gasteiger partial charge in [0, 0.05) is 4.47 Å². The summed E-state index contributed by atoms with van der Waals surface area (Å²) in [6, 6.07) is 11.4. The van der Waals surface area contributed by atoms with Gasteiger partial charge in [-0.3, -0.25) is 0 Å². The van der Waals surface area contributed by atoms with Gasteiger partial charge >= 0.3 is 5.97 Å². The molecule has 2 aliphatic carbocycles. The molecule has 2 aliphatic rings. The second-order valence-corrected chi connectivity index (χ2v) is 4.25. The molecule has 16 heavy (non-hydrogen) atoms. The lowest BCUT2D eigenvalue weighted by Crippen LogP contribution is -2.03. The van der Waals surface area contributed by atoms with Crippen LogP contribution in [0.5, 0.6) is 0 Å². The van der Waals surface area contributed by atoms with Crippen LogP contribution in [0.15, 0.2) is 40.9 Å². The van der Waals surface area contributed by atoms with E-state index in [1.807, 2.05) is 30.3 Å². The zero-order chi connectivity index (χ0) is 11.5. The quantitative estimate of drug-likeness (QED) is 0.783. The fraction of sp³-hybridized carbons (Fsp3) is 0.154. The van der Waals surface area contributed by atoms with Crippen LogP contribution in [0.1, 0.15) is 17.3 Å². The van der Waals surface area contributed by atoms with E-state index in [9.17, 15) is 4.79 Å². The van der Waals surface area contributed by atoms with Crippen molar-refractivity contribution in [3.8, 4) is 11.1 Å². The van der Waals surface area contributed by atoms with Crippen molar-refractivity contribution in [1.82, 2.24) is 0 Å². The Morgan fingerprint density at radius 2 is 2.12 bits per heavy atom. The second kappa shape index (κ2) is 4.66. The Bertz CT molecular complexity index is 494. The molecular formula is C13H11BrO2. The molecule has 2 rings (SSSR count). The summed E-state index contributed by atoms with van der Waals surface area (Å²) in [7, 11) is 0. The molecule has 0 aromatic rings. The van der Waals surface area contributed by atoms with Gasteiger partial charge in [-0.05, 0) is 36.2 Å². The highest BCUT2D eigenvalue weighted by Crippen LogP contribution is 2.31. The normalized spacial score (nSPS) is 10.4. The Morgan fingerprint density at radius 1 is 1.31 bits per heavy atom. The molecule has 0 radical (unpaired) electrons. The molecule has 0 aromatic carbocycles. The van der Waals surface area contributed by atoms with Gasteiger partial charge in [-0.1, -0.05) is 34.1 Å². The highest BCUT2D eigenvalue weighted by atomic mass is 79.9. The molecule has 82 valence electrons. The Balaban J connectivity index is 2.45. The average molecular weight is 279 g/mol. The summed E-state index contributed by atoms with van der Waals surface area (Å²) in [6.07, 6.45) is 0. The van der Waals surface area contributed by atoms with Gasteiger partial charge in [0.25, 0.3) is 0 Å². The molecule has 0 unspecified atom stereocenters. The largest absolute Gasteiger partial charge is 0.462 e. The Kier molecular flexibility index (Phi) is 3.25. The van der Waals surface area contributed by atoms with E-state index in [0.717, 1.165) is 15.6 Å². The number of carbonyl (C=O) groups excluding carboxylic acids is 1. The van der Waals surface area contributed by atoms with Crippen LogP contribution in [-0.4, -0.2) is 12.6 Å². The van der Waals surface area contributed by atoms with Crippen molar-refractivity contribution in [3.63, 3.8) is 0 Å². The first-order valence-corrected chi connectivity index (χ1v) is 5.87. The minimum atomic E-state index is -0.280. The number of carbonyl (C=O) groups is 1. The van der Waals surface area contributed by atoms with Crippen molar-refractivity contribution in [3.05, 3.63) is 46.4 Å². The predicted molar refractivity (Wildman–Crippen MR) is 66.7 cm³/mol. The van der Waals surface area contributed by atoms with Gasteiger partial charge in [0.05, 0.1) is 12.2 Å². The number of hydrogen-bond donors (Lipinski definition) is 0. The van der Waals surface area contributed by atoms with Crippen molar-refractivity contribution in [2.45, 2.75) is 6.92 Å². The third kappa shape index (κ3) is 2.09. The summed E-state index contributed by atoms with van der Waals surface area (Å²) in [6.45, 7) is 2.20. The predicted octanol–water partition coefficient (Wildman–Crippen LogP) is 3.73. The first-order valence-electron chi connectivity index (χ1n) is 5.08. The molecule has 0 amide bonds. The van der Waals surface area contributed by atoms with Crippen molar-refractivity contribution in [2.75, 3.05) is 6.61 Å². The number of halogens is 1. The van der Waals surface area contributed by atoms with Crippen molar-refractivity contribution < 1.29 is 9.53 Å². The van der Waals surface area contributed by atoms with E-state index in [0.29, 0.717) is 12.2 Å². The number of fused-ring (bicyclic) bond motifs is 1. The van der Waals surface area contributed by atoms with Crippen LogP contribution in [0, 0.1) is 0 Å². The fourth-order valence-electron chi connectivity index (χ4n) is 1.59. The summed E-state index contributed by atoms with van der Waals surface area (Å²) in [5.41, 5.74) is 2.70. The van der Waals surface area contributed by atoms with E-state index in [1.165, 1.54) is 0 Å². The highest BCUT2D eigenvalue weighted by molar-refractivity contribution is 9.10. The Morgan fingerprint density at radius 3 is 2.88 bits per heavy atom. The monoisotopic (exact) mass is 278 g/mol. The highest BCUT2D eigenvalue weighted by Gasteiger charge is 2.10. The Labute approximate surface area is 103 Å². The van der Waals surface area contributed by atoms with E-state index >= 15 is 0 Å². The first-order chi connectivity index (χ1) is 7.72. The SMILES string of the molecule is CCOC(=O)c1cccc2c(Br)ccc-2c1. The van der Waals surface area contributed by atoms with Crippen LogP contribution in [-0.2, 0) is 4.74 Å². The third-order valence-corrected chi connectivity index (χ3v) is 3.03. The molecule has 0 N–H and O–H groups in total. The molecule has 0 bridgehead atoms. The van der Waals surface area contributed by atoms with Crippen LogP contribution in [0.2, 0.25) is 0 Å². The van der Waals surface area contributed by atoms with Crippen molar-refractivity contribution in [1.29, 1.82) is 0 Å². The average Bonchev–Trinajstić information content (AvgIpc) is 2.52. The van der Waals surface area contributed by atoms with E-state index in [4.69, 9.17) is 4.74 Å². The number of hydrogen-bond acceptors (Lipinski definition) is 2. The van der Waals surface area contributed by atoms with Crippen molar-refractivity contribution >= 4 is 21.9 Å². The molecular weight excluding hydrogens is 268 g/mol. The minimum Gasteiger partial charge on any atom is -0.462 e. The van der Waals surface area contributed by atoms with E-state index in [-0.39, 0.29) is 5.97 Å². The topological polar surface area (TPSA) is 26.3 Å². The number of esters is 1. The van der Waals surface area contributed by atoms with Gasteiger partial charge in [0.15, 0.2) is 0 Å². The maximum Gasteiger partial charge on any atom is 0.338 e. The van der Waals surface area contributed by atoms with E-state index in [1.54, 1.807) is 13.0 Å². The molecule has 0 aromatic heterocycles. The Hall–Kier alpha value is -1.35. The lowest BCUT2D eigenvalue weighted by Gasteiger charge is -1.99. The summed E-state index contributed by atoms with van der Waals surface area (Å²) in [5, 5.41) is 0. The van der Waals surface area contributed by atoms with Gasteiger partial charge in [-0.15, -0.1) is 0 Å². The van der Waals surface area contributed by atoms with Gasteiger partial charge in [-0.2, -0.15) is 0 Å². The van der Waals surface area contributed by atoms with Crippen LogP contribution >= 0.6 is 15.9 Å². The first kappa shape index (κ1) is 11.1. The number of ether oxygens (including phenoxy) is 1. The smallest absolute Gasteiger partial charge is 0.338 e. The van der Waals surface area contributed by atoms with Gasteiger partial charge in [-0.25, -0.2) is 4.79 Å². The van der Waals surface area contributed by atoms with Gasteiger partial charge < -0.3 is 4.74 Å². The molecule has 0 aliphatic heterocycles. The molecule has 3 heteroatoms. The number of rotatable bonds is 2. The maximum absolute atomic E-state index is 11.6. The maximum atomic E-state index is 11.6. The summed E-state index contributed by atoms with van der Waals surface area (Å²) < 4.78 is 6.01. The van der Waals surface area contributed by atoms with Crippen LogP contribution in [0.25, 0.3) is 11.1 Å². The lowest BCUT2D eigenvalue weighted by atomic mass is 10.2. The minimum absolute atomic E-state index is 0.280. The fourth-order valence-corrected chi connectivity index (χ4v) is 2.08. The van der Waals surface area contributed by atoms with Crippen LogP contribution in [0.4, 0.5) is 0 Å². The summed E-state index contributed by atoms with van der Waals surface area (Å²) in [5.74, 6) is -0.280. The summed E-state index contributed by atoms with van der Waals surface area (Å²) >= 11 is 3.46. The van der Waals surface area contributed by atoms with E-state index < -0.39 is 0 Å². The van der Waals surface area contributed by atoms with Crippen LogP contribution in [0.3, 0.4) is 0 Å². The third-order valence-electron chi connectivity index (χ3n) is 2.34. The molecule has 2 nitrogen and oxygen atoms in total. The van der Waals surface area contributed by atoms with Gasteiger partial charge in [0.1, 0.15) is 0 Å². The summed E-state index contributed by atoms with van der Waals surface area (Å²) in [4.78, 5) is 11.6. The molecule has 0 saturated carbocycles. The molecule has 0 heterocycles. The lowest BCUT2D eigenvalue weighted by molar-refractivity contribution is 0.0526. The van der Waals surface area contributed by atoms with Gasteiger partial charge in [0.2, 0.25) is 0 Å².